The Hall–Kier alpha value is -3.27. The molecule has 2 aliphatic heterocycles. The highest BCUT2D eigenvalue weighted by molar-refractivity contribution is 6.20. The van der Waals surface area contributed by atoms with E-state index >= 15 is 0 Å². The van der Waals surface area contributed by atoms with E-state index in [0.717, 1.165) is 11.5 Å². The van der Waals surface area contributed by atoms with Gasteiger partial charge in [0, 0.05) is 25.2 Å². The van der Waals surface area contributed by atoms with Gasteiger partial charge < -0.3 is 9.80 Å². The number of para-hydroxylation sites is 3. The van der Waals surface area contributed by atoms with Crippen LogP contribution in [0.1, 0.15) is 5.56 Å². The number of fused-ring (bicyclic) bond motifs is 6. The average molecular weight is 340 g/mol. The largest absolute Gasteiger partial charge is 0.376 e. The third kappa shape index (κ3) is 2.12. The summed E-state index contributed by atoms with van der Waals surface area (Å²) in [4.78, 5) is 4.44. The lowest BCUT2D eigenvalue weighted by Crippen LogP contribution is -2.34. The molecule has 0 saturated heterocycles. The van der Waals surface area contributed by atoms with Crippen LogP contribution in [0.2, 0.25) is 0 Å². The maximum atomic E-state index is 5.01. The first-order valence-corrected chi connectivity index (χ1v) is 8.83. The van der Waals surface area contributed by atoms with Crippen molar-refractivity contribution in [2.24, 2.45) is 5.10 Å². The van der Waals surface area contributed by atoms with E-state index in [1.807, 2.05) is 0 Å². The van der Waals surface area contributed by atoms with Crippen molar-refractivity contribution in [3.63, 3.8) is 0 Å². The van der Waals surface area contributed by atoms with Crippen molar-refractivity contribution >= 4 is 22.9 Å². The number of hydrogen-bond donors (Lipinski definition) is 0. The fourth-order valence-electron chi connectivity index (χ4n) is 3.83. The molecule has 2 aliphatic rings. The topological polar surface area (TPSA) is 22.1 Å². The number of hydrazone groups is 1. The van der Waals surface area contributed by atoms with Crippen molar-refractivity contribution in [1.29, 1.82) is 0 Å². The predicted octanol–water partition coefficient (Wildman–Crippen LogP) is 4.38. The van der Waals surface area contributed by atoms with E-state index in [9.17, 15) is 0 Å². The van der Waals surface area contributed by atoms with Crippen LogP contribution in [0.4, 0.5) is 17.1 Å². The van der Waals surface area contributed by atoms with Crippen molar-refractivity contribution in [1.82, 2.24) is 0 Å². The zero-order valence-electron chi connectivity index (χ0n) is 14.9. The Morgan fingerprint density at radius 2 is 1.35 bits per heavy atom. The minimum atomic E-state index is 0.714. The highest BCUT2D eigenvalue weighted by Gasteiger charge is 2.34. The molecule has 3 aromatic carbocycles. The first-order chi connectivity index (χ1) is 12.7. The SMILES string of the molecule is CN(C)c1ccccc1N1CN2C(=N1)c1ccccc1-c1ccccc12. The summed E-state index contributed by atoms with van der Waals surface area (Å²) in [6, 6.07) is 25.5. The van der Waals surface area contributed by atoms with Crippen LogP contribution in [0, 0.1) is 0 Å². The molecule has 0 amide bonds. The molecule has 3 aromatic rings. The molecule has 0 radical (unpaired) electrons. The van der Waals surface area contributed by atoms with E-state index in [1.54, 1.807) is 0 Å². The molecular weight excluding hydrogens is 320 g/mol. The summed E-state index contributed by atoms with van der Waals surface area (Å²) >= 11 is 0. The number of hydrogen-bond acceptors (Lipinski definition) is 4. The lowest BCUT2D eigenvalue weighted by molar-refractivity contribution is 0.906. The van der Waals surface area contributed by atoms with E-state index in [0.29, 0.717) is 6.67 Å². The molecule has 0 bridgehead atoms. The first-order valence-electron chi connectivity index (χ1n) is 8.83. The quantitative estimate of drug-likeness (QED) is 0.691. The molecule has 4 nitrogen and oxygen atoms in total. The maximum absolute atomic E-state index is 5.01. The second kappa shape index (κ2) is 5.63. The Balaban J connectivity index is 1.68. The van der Waals surface area contributed by atoms with Gasteiger partial charge >= 0.3 is 0 Å². The van der Waals surface area contributed by atoms with E-state index in [-0.39, 0.29) is 0 Å². The molecule has 128 valence electrons. The number of benzene rings is 3. The molecule has 4 heteroatoms. The van der Waals surface area contributed by atoms with E-state index in [4.69, 9.17) is 5.10 Å². The molecular formula is C22H20N4. The summed E-state index contributed by atoms with van der Waals surface area (Å²) in [6.07, 6.45) is 0. The predicted molar refractivity (Wildman–Crippen MR) is 109 cm³/mol. The van der Waals surface area contributed by atoms with Crippen molar-refractivity contribution in [2.75, 3.05) is 35.6 Å². The van der Waals surface area contributed by atoms with Gasteiger partial charge in [-0.25, -0.2) is 5.01 Å². The highest BCUT2D eigenvalue weighted by atomic mass is 15.6. The van der Waals surface area contributed by atoms with Crippen LogP contribution in [-0.4, -0.2) is 26.6 Å². The molecule has 26 heavy (non-hydrogen) atoms. The van der Waals surface area contributed by atoms with Crippen molar-refractivity contribution in [3.05, 3.63) is 78.4 Å². The molecule has 0 fully saturated rings. The third-order valence-corrected chi connectivity index (χ3v) is 5.04. The van der Waals surface area contributed by atoms with Gasteiger partial charge in [0.15, 0.2) is 5.84 Å². The van der Waals surface area contributed by atoms with Crippen LogP contribution in [0.15, 0.2) is 77.9 Å². The molecule has 0 atom stereocenters. The fourth-order valence-corrected chi connectivity index (χ4v) is 3.83. The molecule has 0 unspecified atom stereocenters. The molecule has 0 aromatic heterocycles. The Kier molecular flexibility index (Phi) is 3.25. The van der Waals surface area contributed by atoms with Gasteiger partial charge in [-0.15, -0.1) is 0 Å². The van der Waals surface area contributed by atoms with Crippen LogP contribution in [0.5, 0.6) is 0 Å². The molecule has 0 aliphatic carbocycles. The molecule has 5 rings (SSSR count). The van der Waals surface area contributed by atoms with Crippen LogP contribution in [0.25, 0.3) is 11.1 Å². The lowest BCUT2D eigenvalue weighted by Gasteiger charge is -2.30. The van der Waals surface area contributed by atoms with Crippen LogP contribution < -0.4 is 14.8 Å². The number of amidine groups is 1. The summed E-state index contributed by atoms with van der Waals surface area (Å²) in [7, 11) is 4.14. The monoisotopic (exact) mass is 340 g/mol. The van der Waals surface area contributed by atoms with Gasteiger partial charge in [-0.3, -0.25) is 0 Å². The van der Waals surface area contributed by atoms with Crippen LogP contribution in [-0.2, 0) is 0 Å². The summed E-state index contributed by atoms with van der Waals surface area (Å²) in [5.74, 6) is 1.02. The number of rotatable bonds is 2. The Bertz CT molecular complexity index is 1020. The standard InChI is InChI=1S/C22H20N4/c1-24(2)20-13-7-8-14-21(20)26-15-25-19-12-6-5-10-17(19)16-9-3-4-11-18(16)22(25)23-26/h3-14H,15H2,1-2H3. The third-order valence-electron chi connectivity index (χ3n) is 5.04. The van der Waals surface area contributed by atoms with E-state index in [2.05, 4.69) is 102 Å². The van der Waals surface area contributed by atoms with Crippen molar-refractivity contribution in [2.45, 2.75) is 0 Å². The normalized spacial score (nSPS) is 14.5. The van der Waals surface area contributed by atoms with Gasteiger partial charge in [-0.1, -0.05) is 54.6 Å². The molecule has 2 heterocycles. The molecule has 0 saturated carbocycles. The van der Waals surface area contributed by atoms with Gasteiger partial charge in [0.05, 0.1) is 17.1 Å². The molecule has 0 spiro atoms. The Morgan fingerprint density at radius 1 is 0.731 bits per heavy atom. The van der Waals surface area contributed by atoms with E-state index in [1.165, 1.54) is 28.1 Å². The second-order valence-corrected chi connectivity index (χ2v) is 6.84. The van der Waals surface area contributed by atoms with Crippen LogP contribution >= 0.6 is 0 Å². The zero-order valence-corrected chi connectivity index (χ0v) is 14.9. The molecule has 0 N–H and O–H groups in total. The maximum Gasteiger partial charge on any atom is 0.163 e. The minimum Gasteiger partial charge on any atom is -0.376 e. The minimum absolute atomic E-state index is 0.714. The van der Waals surface area contributed by atoms with E-state index < -0.39 is 0 Å². The second-order valence-electron chi connectivity index (χ2n) is 6.84. The van der Waals surface area contributed by atoms with Crippen molar-refractivity contribution < 1.29 is 0 Å². The smallest absolute Gasteiger partial charge is 0.163 e. The fraction of sp³-hybridized carbons (Fsp3) is 0.136. The number of anilines is 3. The van der Waals surface area contributed by atoms with Gasteiger partial charge in [-0.05, 0) is 23.8 Å². The summed E-state index contributed by atoms with van der Waals surface area (Å²) in [6.45, 7) is 0.714. The average Bonchev–Trinajstić information content (AvgIpc) is 3.14. The summed E-state index contributed by atoms with van der Waals surface area (Å²) in [5, 5.41) is 7.11. The van der Waals surface area contributed by atoms with Gasteiger partial charge in [0.2, 0.25) is 0 Å². The Labute approximate surface area is 153 Å². The highest BCUT2D eigenvalue weighted by Crippen LogP contribution is 2.42. The van der Waals surface area contributed by atoms with Gasteiger partial charge in [0.25, 0.3) is 0 Å². The zero-order chi connectivity index (χ0) is 17.7. The van der Waals surface area contributed by atoms with Gasteiger partial charge in [-0.2, -0.15) is 5.10 Å². The number of nitrogens with zero attached hydrogens (tertiary/aromatic N) is 4. The lowest BCUT2D eigenvalue weighted by atomic mass is 9.93. The van der Waals surface area contributed by atoms with Crippen molar-refractivity contribution in [3.8, 4) is 11.1 Å². The van der Waals surface area contributed by atoms with Gasteiger partial charge in [0.1, 0.15) is 6.67 Å². The van der Waals surface area contributed by atoms with Crippen LogP contribution in [0.3, 0.4) is 0 Å². The first kappa shape index (κ1) is 15.0. The summed E-state index contributed by atoms with van der Waals surface area (Å²) < 4.78 is 0. The Morgan fingerprint density at radius 3 is 2.12 bits per heavy atom. The summed E-state index contributed by atoms with van der Waals surface area (Å²) in [5.41, 5.74) is 7.21.